The van der Waals surface area contributed by atoms with E-state index < -0.39 is 0 Å². The highest BCUT2D eigenvalue weighted by Gasteiger charge is 2.21. The monoisotopic (exact) mass is 271 g/mol. The van der Waals surface area contributed by atoms with Gasteiger partial charge in [0.25, 0.3) is 0 Å². The van der Waals surface area contributed by atoms with Gasteiger partial charge in [-0.25, -0.2) is 4.39 Å². The SMILES string of the molecule is CCNC(C)C(Cc1cc(F)ccc1Cl)C(C)C. The molecule has 0 radical (unpaired) electrons. The van der Waals surface area contributed by atoms with Gasteiger partial charge in [-0.3, -0.25) is 0 Å². The molecule has 0 aliphatic heterocycles. The van der Waals surface area contributed by atoms with E-state index in [4.69, 9.17) is 11.6 Å². The summed E-state index contributed by atoms with van der Waals surface area (Å²) in [5, 5.41) is 4.10. The van der Waals surface area contributed by atoms with Crippen molar-refractivity contribution in [3.63, 3.8) is 0 Å². The lowest BCUT2D eigenvalue weighted by molar-refractivity contribution is 0.292. The largest absolute Gasteiger partial charge is 0.314 e. The molecule has 2 unspecified atom stereocenters. The maximum Gasteiger partial charge on any atom is 0.123 e. The number of nitrogens with one attached hydrogen (secondary N) is 1. The van der Waals surface area contributed by atoms with Crippen LogP contribution >= 0.6 is 11.6 Å². The normalized spacial score (nSPS) is 14.8. The van der Waals surface area contributed by atoms with Gasteiger partial charge in [0.1, 0.15) is 5.82 Å². The summed E-state index contributed by atoms with van der Waals surface area (Å²) in [5.41, 5.74) is 0.903. The van der Waals surface area contributed by atoms with Crippen LogP contribution in [0, 0.1) is 17.7 Å². The molecule has 0 aliphatic carbocycles. The fourth-order valence-electron chi connectivity index (χ4n) is 2.42. The summed E-state index contributed by atoms with van der Waals surface area (Å²) in [7, 11) is 0. The lowest BCUT2D eigenvalue weighted by Crippen LogP contribution is -2.37. The fraction of sp³-hybridized carbons (Fsp3) is 0.600. The van der Waals surface area contributed by atoms with Crippen LogP contribution in [0.5, 0.6) is 0 Å². The van der Waals surface area contributed by atoms with Crippen molar-refractivity contribution in [3.05, 3.63) is 34.6 Å². The third-order valence-electron chi connectivity index (χ3n) is 3.49. The quantitative estimate of drug-likeness (QED) is 0.814. The molecule has 0 saturated carbocycles. The first-order chi connectivity index (χ1) is 8.45. The average Bonchev–Trinajstić information content (AvgIpc) is 2.30. The van der Waals surface area contributed by atoms with E-state index in [1.54, 1.807) is 12.1 Å². The summed E-state index contributed by atoms with van der Waals surface area (Å²) in [6.07, 6.45) is 0.808. The molecule has 18 heavy (non-hydrogen) atoms. The number of halogens is 2. The maximum atomic E-state index is 13.3. The molecule has 0 spiro atoms. The average molecular weight is 272 g/mol. The second-order valence-corrected chi connectivity index (χ2v) is 5.60. The van der Waals surface area contributed by atoms with Crippen molar-refractivity contribution >= 4 is 11.6 Å². The zero-order valence-corrected chi connectivity index (χ0v) is 12.4. The second-order valence-electron chi connectivity index (χ2n) is 5.19. The van der Waals surface area contributed by atoms with Gasteiger partial charge in [-0.2, -0.15) is 0 Å². The minimum absolute atomic E-state index is 0.215. The molecule has 0 aliphatic rings. The Morgan fingerprint density at radius 2 is 1.94 bits per heavy atom. The molecule has 1 nitrogen and oxygen atoms in total. The van der Waals surface area contributed by atoms with E-state index in [9.17, 15) is 4.39 Å². The molecular weight excluding hydrogens is 249 g/mol. The first-order valence-corrected chi connectivity index (χ1v) is 7.00. The lowest BCUT2D eigenvalue weighted by Gasteiger charge is -2.28. The van der Waals surface area contributed by atoms with Crippen LogP contribution in [0.1, 0.15) is 33.3 Å². The molecule has 0 bridgehead atoms. The Bertz CT molecular complexity index is 379. The third-order valence-corrected chi connectivity index (χ3v) is 3.86. The minimum atomic E-state index is -0.215. The van der Waals surface area contributed by atoms with Gasteiger partial charge in [0.15, 0.2) is 0 Å². The zero-order chi connectivity index (χ0) is 13.7. The zero-order valence-electron chi connectivity index (χ0n) is 11.6. The van der Waals surface area contributed by atoms with E-state index in [1.807, 2.05) is 0 Å². The van der Waals surface area contributed by atoms with Gasteiger partial charge in [-0.05, 0) is 55.5 Å². The summed E-state index contributed by atoms with van der Waals surface area (Å²) in [6.45, 7) is 9.63. The van der Waals surface area contributed by atoms with Crippen molar-refractivity contribution in [1.29, 1.82) is 0 Å². The van der Waals surface area contributed by atoms with E-state index in [0.29, 0.717) is 22.9 Å². The number of hydrogen-bond acceptors (Lipinski definition) is 1. The van der Waals surface area contributed by atoms with Gasteiger partial charge >= 0.3 is 0 Å². The predicted octanol–water partition coefficient (Wildman–Crippen LogP) is 4.29. The van der Waals surface area contributed by atoms with Gasteiger partial charge in [-0.1, -0.05) is 32.4 Å². The Balaban J connectivity index is 2.86. The van der Waals surface area contributed by atoms with Crippen LogP contribution in [0.25, 0.3) is 0 Å². The smallest absolute Gasteiger partial charge is 0.123 e. The van der Waals surface area contributed by atoms with Gasteiger partial charge in [0.2, 0.25) is 0 Å². The molecule has 102 valence electrons. The van der Waals surface area contributed by atoms with E-state index >= 15 is 0 Å². The number of benzene rings is 1. The molecule has 0 fully saturated rings. The van der Waals surface area contributed by atoms with Crippen molar-refractivity contribution in [2.24, 2.45) is 11.8 Å². The van der Waals surface area contributed by atoms with Crippen LogP contribution in [0.15, 0.2) is 18.2 Å². The van der Waals surface area contributed by atoms with Crippen molar-refractivity contribution in [2.45, 2.75) is 40.2 Å². The van der Waals surface area contributed by atoms with Gasteiger partial charge in [0, 0.05) is 11.1 Å². The number of hydrogen-bond donors (Lipinski definition) is 1. The Morgan fingerprint density at radius 3 is 2.50 bits per heavy atom. The number of rotatable bonds is 6. The molecule has 0 heterocycles. The van der Waals surface area contributed by atoms with Crippen LogP contribution in [-0.4, -0.2) is 12.6 Å². The first-order valence-electron chi connectivity index (χ1n) is 6.63. The molecule has 1 aromatic rings. The van der Waals surface area contributed by atoms with E-state index in [-0.39, 0.29) is 5.82 Å². The molecule has 2 atom stereocenters. The van der Waals surface area contributed by atoms with Crippen molar-refractivity contribution < 1.29 is 4.39 Å². The van der Waals surface area contributed by atoms with Gasteiger partial charge in [-0.15, -0.1) is 0 Å². The van der Waals surface area contributed by atoms with Gasteiger partial charge < -0.3 is 5.32 Å². The highest BCUT2D eigenvalue weighted by molar-refractivity contribution is 6.31. The van der Waals surface area contributed by atoms with Crippen LogP contribution in [-0.2, 0) is 6.42 Å². The van der Waals surface area contributed by atoms with Gasteiger partial charge in [0.05, 0.1) is 0 Å². The summed E-state index contributed by atoms with van der Waals surface area (Å²) < 4.78 is 13.3. The second kappa shape index (κ2) is 7.10. The summed E-state index contributed by atoms with van der Waals surface area (Å²) >= 11 is 6.14. The van der Waals surface area contributed by atoms with Crippen LogP contribution in [0.4, 0.5) is 4.39 Å². The first kappa shape index (κ1) is 15.5. The third kappa shape index (κ3) is 4.25. The molecule has 3 heteroatoms. The fourth-order valence-corrected chi connectivity index (χ4v) is 2.61. The van der Waals surface area contributed by atoms with E-state index in [0.717, 1.165) is 18.5 Å². The van der Waals surface area contributed by atoms with Crippen LogP contribution in [0.3, 0.4) is 0 Å². The Kier molecular flexibility index (Phi) is 6.10. The Labute approximate surface area is 115 Å². The maximum absolute atomic E-state index is 13.3. The molecular formula is C15H23ClFN. The molecule has 0 saturated heterocycles. The molecule has 1 rings (SSSR count). The highest BCUT2D eigenvalue weighted by Crippen LogP contribution is 2.26. The molecule has 0 aromatic heterocycles. The lowest BCUT2D eigenvalue weighted by atomic mass is 9.84. The van der Waals surface area contributed by atoms with Crippen molar-refractivity contribution in [1.82, 2.24) is 5.32 Å². The Hall–Kier alpha value is -0.600. The summed E-state index contributed by atoms with van der Waals surface area (Å²) in [6, 6.07) is 5.00. The van der Waals surface area contributed by atoms with E-state index in [2.05, 4.69) is 33.0 Å². The Morgan fingerprint density at radius 1 is 1.28 bits per heavy atom. The van der Waals surface area contributed by atoms with Crippen molar-refractivity contribution in [3.8, 4) is 0 Å². The highest BCUT2D eigenvalue weighted by atomic mass is 35.5. The van der Waals surface area contributed by atoms with E-state index in [1.165, 1.54) is 6.07 Å². The topological polar surface area (TPSA) is 12.0 Å². The summed E-state index contributed by atoms with van der Waals surface area (Å²) in [4.78, 5) is 0. The molecule has 1 aromatic carbocycles. The molecule has 1 N–H and O–H groups in total. The molecule has 0 amide bonds. The predicted molar refractivity (Wildman–Crippen MR) is 76.6 cm³/mol. The standard InChI is InChI=1S/C15H23ClFN/c1-5-18-11(4)14(10(2)3)9-12-8-13(17)6-7-15(12)16/h6-8,10-11,14,18H,5,9H2,1-4H3. The minimum Gasteiger partial charge on any atom is -0.314 e. The van der Waals surface area contributed by atoms with Crippen LogP contribution < -0.4 is 5.32 Å². The summed E-state index contributed by atoms with van der Waals surface area (Å²) in [5.74, 6) is 0.760. The van der Waals surface area contributed by atoms with Crippen LogP contribution in [0.2, 0.25) is 5.02 Å². The van der Waals surface area contributed by atoms with Crippen molar-refractivity contribution in [2.75, 3.05) is 6.54 Å².